The number of benzene rings is 1. The van der Waals surface area contributed by atoms with Gasteiger partial charge >= 0.3 is 12.2 Å². The van der Waals surface area contributed by atoms with Crippen molar-refractivity contribution in [1.82, 2.24) is 4.90 Å². The van der Waals surface area contributed by atoms with Crippen molar-refractivity contribution in [3.05, 3.63) is 29.6 Å². The Morgan fingerprint density at radius 2 is 1.79 bits per heavy atom. The molecule has 0 unspecified atom stereocenters. The van der Waals surface area contributed by atoms with Crippen molar-refractivity contribution in [1.29, 1.82) is 0 Å². The molecule has 2 amide bonds. The zero-order chi connectivity index (χ0) is 17.4. The number of amides is 2. The summed E-state index contributed by atoms with van der Waals surface area (Å²) in [5, 5.41) is 2.37. The number of carbonyl (C=O) groups excluding carboxylic acids is 1. The van der Waals surface area contributed by atoms with Crippen LogP contribution in [0.1, 0.15) is 18.4 Å². The molecule has 24 heavy (non-hydrogen) atoms. The normalized spacial score (nSPS) is 20.4. The van der Waals surface area contributed by atoms with Crippen LogP contribution in [-0.4, -0.2) is 43.0 Å². The van der Waals surface area contributed by atoms with Crippen LogP contribution in [0, 0.1) is 5.82 Å². The van der Waals surface area contributed by atoms with Crippen LogP contribution in [0.3, 0.4) is 0 Å². The predicted molar refractivity (Wildman–Crippen MR) is 75.9 cm³/mol. The van der Waals surface area contributed by atoms with Gasteiger partial charge in [0.25, 0.3) is 0 Å². The number of nitrogens with one attached hydrogen (secondary N) is 1. The molecule has 0 aliphatic carbocycles. The van der Waals surface area contributed by atoms with Gasteiger partial charge in [-0.25, -0.2) is 9.18 Å². The second kappa shape index (κ2) is 6.21. The molecule has 2 heterocycles. The maximum absolute atomic E-state index is 13.3. The number of anilines is 1. The summed E-state index contributed by atoms with van der Waals surface area (Å²) in [6.07, 6.45) is -3.82. The molecule has 0 saturated carbocycles. The van der Waals surface area contributed by atoms with Crippen molar-refractivity contribution in [2.24, 2.45) is 0 Å². The largest absolute Gasteiger partial charge is 0.419 e. The topological polar surface area (TPSA) is 50.8 Å². The minimum Gasteiger partial charge on any atom is -0.347 e. The molecule has 3 rings (SSSR count). The van der Waals surface area contributed by atoms with Crippen molar-refractivity contribution in [3.8, 4) is 0 Å². The zero-order valence-electron chi connectivity index (χ0n) is 12.7. The number of alkyl halides is 3. The predicted octanol–water partition coefficient (Wildman–Crippen LogP) is 3.22. The van der Waals surface area contributed by atoms with Gasteiger partial charge in [0.1, 0.15) is 5.82 Å². The Kier molecular flexibility index (Phi) is 4.39. The summed E-state index contributed by atoms with van der Waals surface area (Å²) in [4.78, 5) is 13.6. The van der Waals surface area contributed by atoms with Crippen LogP contribution in [0.4, 0.5) is 28.0 Å². The van der Waals surface area contributed by atoms with Crippen LogP contribution in [0.25, 0.3) is 0 Å². The van der Waals surface area contributed by atoms with Gasteiger partial charge in [-0.2, -0.15) is 13.2 Å². The van der Waals surface area contributed by atoms with Crippen LogP contribution < -0.4 is 5.32 Å². The molecule has 1 aromatic carbocycles. The molecular weight excluding hydrogens is 332 g/mol. The number of likely N-dealkylation sites (tertiary alicyclic amines) is 1. The third-order valence-electron chi connectivity index (χ3n) is 4.15. The monoisotopic (exact) mass is 348 g/mol. The van der Waals surface area contributed by atoms with Gasteiger partial charge in [0.05, 0.1) is 18.8 Å². The van der Waals surface area contributed by atoms with E-state index in [0.29, 0.717) is 51.3 Å². The first-order valence-electron chi connectivity index (χ1n) is 7.50. The van der Waals surface area contributed by atoms with Crippen molar-refractivity contribution >= 4 is 11.7 Å². The number of urea groups is 1. The lowest BCUT2D eigenvalue weighted by Crippen LogP contribution is -2.48. The highest BCUT2D eigenvalue weighted by molar-refractivity contribution is 5.89. The van der Waals surface area contributed by atoms with Crippen molar-refractivity contribution in [2.45, 2.75) is 24.8 Å². The van der Waals surface area contributed by atoms with Crippen LogP contribution >= 0.6 is 0 Å². The van der Waals surface area contributed by atoms with E-state index in [9.17, 15) is 22.4 Å². The summed E-state index contributed by atoms with van der Waals surface area (Å²) in [7, 11) is 0. The van der Waals surface area contributed by atoms with E-state index in [2.05, 4.69) is 5.32 Å². The number of nitrogens with zero attached hydrogens (tertiary/aromatic N) is 1. The van der Waals surface area contributed by atoms with E-state index in [-0.39, 0.29) is 5.69 Å². The third kappa shape index (κ3) is 3.46. The average Bonchev–Trinajstić information content (AvgIpc) is 2.97. The molecule has 132 valence electrons. The fraction of sp³-hybridized carbons (Fsp3) is 0.533. The summed E-state index contributed by atoms with van der Waals surface area (Å²) in [5.41, 5.74) is -1.52. The molecule has 2 aliphatic rings. The van der Waals surface area contributed by atoms with Crippen molar-refractivity contribution in [3.63, 3.8) is 0 Å². The first kappa shape index (κ1) is 17.0. The van der Waals surface area contributed by atoms with Gasteiger partial charge in [-0.3, -0.25) is 0 Å². The summed E-state index contributed by atoms with van der Waals surface area (Å²) in [6.45, 7) is 1.75. The molecule has 0 aromatic heterocycles. The Labute approximate surface area is 135 Å². The Balaban J connectivity index is 1.63. The summed E-state index contributed by atoms with van der Waals surface area (Å²) in [6, 6.07) is 1.82. The van der Waals surface area contributed by atoms with Gasteiger partial charge in [-0.05, 0) is 18.2 Å². The fourth-order valence-corrected chi connectivity index (χ4v) is 2.86. The van der Waals surface area contributed by atoms with Crippen LogP contribution in [-0.2, 0) is 15.7 Å². The van der Waals surface area contributed by atoms with Crippen LogP contribution in [0.5, 0.6) is 0 Å². The highest BCUT2D eigenvalue weighted by atomic mass is 19.4. The summed E-state index contributed by atoms with van der Waals surface area (Å²) in [5.74, 6) is -2.02. The Morgan fingerprint density at radius 1 is 1.17 bits per heavy atom. The highest BCUT2D eigenvalue weighted by Gasteiger charge is 2.41. The number of piperidine rings is 1. The molecule has 2 fully saturated rings. The maximum atomic E-state index is 13.3. The van der Waals surface area contributed by atoms with Crippen LogP contribution in [0.2, 0.25) is 0 Å². The van der Waals surface area contributed by atoms with E-state index >= 15 is 0 Å². The summed E-state index contributed by atoms with van der Waals surface area (Å²) < 4.78 is 62.4. The minimum atomic E-state index is -4.82. The second-order valence-electron chi connectivity index (χ2n) is 5.72. The summed E-state index contributed by atoms with van der Waals surface area (Å²) >= 11 is 0. The third-order valence-corrected chi connectivity index (χ3v) is 4.15. The van der Waals surface area contributed by atoms with Gasteiger partial charge < -0.3 is 19.7 Å². The van der Waals surface area contributed by atoms with Crippen molar-refractivity contribution < 1.29 is 31.8 Å². The Morgan fingerprint density at radius 3 is 2.38 bits per heavy atom. The lowest BCUT2D eigenvalue weighted by molar-refractivity contribution is -0.181. The molecule has 1 N–H and O–H groups in total. The number of ether oxygens (including phenoxy) is 2. The van der Waals surface area contributed by atoms with Crippen molar-refractivity contribution in [2.75, 3.05) is 31.6 Å². The molecule has 2 saturated heterocycles. The Hall–Kier alpha value is -1.87. The number of hydrogen-bond donors (Lipinski definition) is 1. The van der Waals surface area contributed by atoms with E-state index in [4.69, 9.17) is 9.47 Å². The average molecular weight is 348 g/mol. The number of carbonyl (C=O) groups is 1. The number of rotatable bonds is 1. The van der Waals surface area contributed by atoms with Gasteiger partial charge in [0, 0.05) is 31.6 Å². The van der Waals surface area contributed by atoms with Gasteiger partial charge in [0.15, 0.2) is 5.79 Å². The van der Waals surface area contributed by atoms with Gasteiger partial charge in [-0.1, -0.05) is 0 Å². The van der Waals surface area contributed by atoms with Gasteiger partial charge in [-0.15, -0.1) is 0 Å². The first-order valence-corrected chi connectivity index (χ1v) is 7.50. The smallest absolute Gasteiger partial charge is 0.347 e. The van der Waals surface area contributed by atoms with E-state index in [1.165, 1.54) is 4.90 Å². The van der Waals surface area contributed by atoms with E-state index in [1.807, 2.05) is 0 Å². The van der Waals surface area contributed by atoms with E-state index < -0.39 is 29.4 Å². The molecule has 2 aliphatic heterocycles. The molecule has 1 aromatic rings. The van der Waals surface area contributed by atoms with E-state index in [0.717, 1.165) is 6.07 Å². The molecule has 0 radical (unpaired) electrons. The molecule has 0 atom stereocenters. The second-order valence-corrected chi connectivity index (χ2v) is 5.72. The molecular formula is C15H16F4N2O3. The molecule has 0 bridgehead atoms. The lowest BCUT2D eigenvalue weighted by Gasteiger charge is -2.37. The van der Waals surface area contributed by atoms with Crippen LogP contribution in [0.15, 0.2) is 18.2 Å². The molecule has 9 heteroatoms. The minimum absolute atomic E-state index is 0.109. The molecule has 1 spiro atoms. The lowest BCUT2D eigenvalue weighted by atomic mass is 10.0. The maximum Gasteiger partial charge on any atom is 0.419 e. The standard InChI is InChI=1S/C15H16F4N2O3/c16-12-2-1-10(9-11(12)15(17,18)19)20-13(22)21-5-3-14(4-6-21)23-7-8-24-14/h1-2,9H,3-8H2,(H,20,22). The fourth-order valence-electron chi connectivity index (χ4n) is 2.86. The number of halogens is 4. The zero-order valence-corrected chi connectivity index (χ0v) is 12.7. The Bertz CT molecular complexity index is 620. The van der Waals surface area contributed by atoms with Gasteiger partial charge in [0.2, 0.25) is 0 Å². The number of hydrogen-bond acceptors (Lipinski definition) is 3. The quantitative estimate of drug-likeness (QED) is 0.793. The SMILES string of the molecule is O=C(Nc1ccc(F)c(C(F)(F)F)c1)N1CCC2(CC1)OCCO2. The first-order chi connectivity index (χ1) is 11.3. The van der Waals surface area contributed by atoms with E-state index in [1.54, 1.807) is 0 Å². The highest BCUT2D eigenvalue weighted by Crippen LogP contribution is 2.34. The molecule has 5 nitrogen and oxygen atoms in total.